The number of hydrogen-bond acceptors (Lipinski definition) is 5. The van der Waals surface area contributed by atoms with Gasteiger partial charge >= 0.3 is 0 Å². The minimum absolute atomic E-state index is 0.0409. The Hall–Kier alpha value is -1.79. The highest BCUT2D eigenvalue weighted by molar-refractivity contribution is 5.99. The molecule has 0 amide bonds. The zero-order chi connectivity index (χ0) is 14.5. The third-order valence-electron chi connectivity index (χ3n) is 3.59. The molecule has 6 nitrogen and oxygen atoms in total. The number of nitrogens with one attached hydrogen (secondary N) is 1. The molecule has 0 spiro atoms. The lowest BCUT2D eigenvalue weighted by Gasteiger charge is -2.16. The van der Waals surface area contributed by atoms with Crippen molar-refractivity contribution in [1.29, 1.82) is 0 Å². The van der Waals surface area contributed by atoms with E-state index >= 15 is 0 Å². The molecule has 4 N–H and O–H groups in total. The van der Waals surface area contributed by atoms with Crippen molar-refractivity contribution in [2.75, 3.05) is 13.7 Å². The van der Waals surface area contributed by atoms with Gasteiger partial charge in [-0.15, -0.1) is 0 Å². The van der Waals surface area contributed by atoms with Gasteiger partial charge in [0.1, 0.15) is 5.75 Å². The lowest BCUT2D eigenvalue weighted by Crippen LogP contribution is -2.34. The zero-order valence-electron chi connectivity index (χ0n) is 11.8. The van der Waals surface area contributed by atoms with Crippen LogP contribution in [0.15, 0.2) is 23.4 Å². The number of ether oxygens (including phenoxy) is 2. The third-order valence-corrected chi connectivity index (χ3v) is 3.59. The fourth-order valence-corrected chi connectivity index (χ4v) is 2.36. The Bertz CT molecular complexity index is 491. The molecule has 1 aromatic carbocycles. The van der Waals surface area contributed by atoms with Crippen LogP contribution in [0.1, 0.15) is 24.5 Å². The van der Waals surface area contributed by atoms with Crippen LogP contribution in [0.4, 0.5) is 0 Å². The molecule has 0 radical (unpaired) electrons. The summed E-state index contributed by atoms with van der Waals surface area (Å²) in [4.78, 5) is 0. The molecule has 0 aliphatic carbocycles. The van der Waals surface area contributed by atoms with Crippen LogP contribution in [0.5, 0.6) is 5.75 Å². The van der Waals surface area contributed by atoms with Crippen LogP contribution in [0.3, 0.4) is 0 Å². The summed E-state index contributed by atoms with van der Waals surface area (Å²) in [5.74, 6) is 0.634. The topological polar surface area (TPSA) is 89.1 Å². The minimum Gasteiger partial charge on any atom is -0.496 e. The van der Waals surface area contributed by atoms with Crippen molar-refractivity contribution in [2.24, 2.45) is 10.9 Å². The average molecular weight is 279 g/mol. The van der Waals surface area contributed by atoms with Crippen molar-refractivity contribution in [3.05, 3.63) is 29.3 Å². The highest BCUT2D eigenvalue weighted by atomic mass is 16.5. The predicted molar refractivity (Wildman–Crippen MR) is 76.2 cm³/mol. The molecule has 1 aromatic rings. The Morgan fingerprint density at radius 1 is 1.60 bits per heavy atom. The molecule has 0 saturated carbocycles. The maximum Gasteiger partial charge on any atom is 0.173 e. The molecule has 110 valence electrons. The van der Waals surface area contributed by atoms with Crippen LogP contribution in [0.2, 0.25) is 0 Å². The Labute approximate surface area is 118 Å². The summed E-state index contributed by atoms with van der Waals surface area (Å²) in [5.41, 5.74) is 7.26. The number of rotatable bonds is 5. The number of oxime groups is 1. The molecule has 2 unspecified atom stereocenters. The van der Waals surface area contributed by atoms with Crippen molar-refractivity contribution in [3.8, 4) is 5.75 Å². The summed E-state index contributed by atoms with van der Waals surface area (Å²) in [6.07, 6.45) is 1.27. The Balaban J connectivity index is 2.06. The first-order valence-corrected chi connectivity index (χ1v) is 6.65. The second kappa shape index (κ2) is 6.58. The highest BCUT2D eigenvalue weighted by Crippen LogP contribution is 2.21. The molecule has 0 aromatic heterocycles. The van der Waals surface area contributed by atoms with Crippen molar-refractivity contribution in [2.45, 2.75) is 32.0 Å². The molecule has 1 saturated heterocycles. The largest absolute Gasteiger partial charge is 0.496 e. The molecular formula is C14H21N3O3. The lowest BCUT2D eigenvalue weighted by molar-refractivity contribution is 0.113. The summed E-state index contributed by atoms with van der Waals surface area (Å²) < 4.78 is 10.8. The van der Waals surface area contributed by atoms with Gasteiger partial charge in [0.25, 0.3) is 0 Å². The molecule has 1 fully saturated rings. The third kappa shape index (κ3) is 3.20. The van der Waals surface area contributed by atoms with E-state index in [-0.39, 0.29) is 11.9 Å². The second-order valence-corrected chi connectivity index (χ2v) is 4.87. The number of nitrogens with zero attached hydrogens (tertiary/aromatic N) is 1. The van der Waals surface area contributed by atoms with Gasteiger partial charge in [-0.2, -0.15) is 0 Å². The quantitative estimate of drug-likeness (QED) is 0.324. The summed E-state index contributed by atoms with van der Waals surface area (Å²) >= 11 is 0. The molecule has 0 bridgehead atoms. The Morgan fingerprint density at radius 2 is 2.40 bits per heavy atom. The molecule has 2 rings (SSSR count). The molecule has 2 atom stereocenters. The van der Waals surface area contributed by atoms with E-state index < -0.39 is 0 Å². The maximum absolute atomic E-state index is 8.73. The normalized spacial score (nSPS) is 23.0. The van der Waals surface area contributed by atoms with Gasteiger partial charge in [0.05, 0.1) is 18.8 Å². The van der Waals surface area contributed by atoms with E-state index in [0.717, 1.165) is 25.1 Å². The van der Waals surface area contributed by atoms with Crippen molar-refractivity contribution in [1.82, 2.24) is 5.32 Å². The summed E-state index contributed by atoms with van der Waals surface area (Å²) in [5, 5.41) is 15.2. The molecule has 1 aliphatic heterocycles. The van der Waals surface area contributed by atoms with E-state index in [4.69, 9.17) is 20.4 Å². The van der Waals surface area contributed by atoms with E-state index in [2.05, 4.69) is 17.4 Å². The maximum atomic E-state index is 8.73. The summed E-state index contributed by atoms with van der Waals surface area (Å²) in [6, 6.07) is 5.99. The van der Waals surface area contributed by atoms with Gasteiger partial charge in [-0.3, -0.25) is 0 Å². The predicted octanol–water partition coefficient (Wildman–Crippen LogP) is 1.06. The highest BCUT2D eigenvalue weighted by Gasteiger charge is 2.23. The number of benzene rings is 1. The first-order chi connectivity index (χ1) is 9.65. The standard InChI is InChI=1S/C14H21N3O3/c1-9-12(5-6-20-9)16-8-10-3-4-11(14(15)17-18)13(7-10)19-2/h3-4,7,9,12,16,18H,5-6,8H2,1-2H3,(H2,15,17). The summed E-state index contributed by atoms with van der Waals surface area (Å²) in [7, 11) is 1.56. The molecule has 20 heavy (non-hydrogen) atoms. The summed E-state index contributed by atoms with van der Waals surface area (Å²) in [6.45, 7) is 3.61. The van der Waals surface area contributed by atoms with Gasteiger partial charge in [-0.25, -0.2) is 0 Å². The minimum atomic E-state index is 0.0409. The van der Waals surface area contributed by atoms with Crippen LogP contribution in [0.25, 0.3) is 0 Å². The first-order valence-electron chi connectivity index (χ1n) is 6.65. The number of hydrogen-bond donors (Lipinski definition) is 3. The fourth-order valence-electron chi connectivity index (χ4n) is 2.36. The van der Waals surface area contributed by atoms with Crippen molar-refractivity contribution in [3.63, 3.8) is 0 Å². The van der Waals surface area contributed by atoms with Crippen LogP contribution < -0.4 is 15.8 Å². The van der Waals surface area contributed by atoms with Gasteiger partial charge < -0.3 is 25.7 Å². The van der Waals surface area contributed by atoms with Gasteiger partial charge in [0.2, 0.25) is 0 Å². The zero-order valence-corrected chi connectivity index (χ0v) is 11.8. The van der Waals surface area contributed by atoms with Crippen LogP contribution in [-0.4, -0.2) is 36.9 Å². The SMILES string of the molecule is COc1cc(CNC2CCOC2C)ccc1/C(N)=N/O. The monoisotopic (exact) mass is 279 g/mol. The Morgan fingerprint density at radius 3 is 3.00 bits per heavy atom. The molecule has 1 heterocycles. The number of nitrogens with two attached hydrogens (primary N) is 1. The van der Waals surface area contributed by atoms with E-state index in [1.54, 1.807) is 13.2 Å². The lowest BCUT2D eigenvalue weighted by atomic mass is 10.1. The Kier molecular flexibility index (Phi) is 4.81. The van der Waals surface area contributed by atoms with Crippen molar-refractivity contribution >= 4 is 5.84 Å². The van der Waals surface area contributed by atoms with Gasteiger partial charge in [-0.05, 0) is 31.0 Å². The van der Waals surface area contributed by atoms with E-state index in [9.17, 15) is 0 Å². The van der Waals surface area contributed by atoms with Gasteiger partial charge in [-0.1, -0.05) is 11.2 Å². The van der Waals surface area contributed by atoms with Crippen LogP contribution in [0, 0.1) is 0 Å². The molecule has 1 aliphatic rings. The van der Waals surface area contributed by atoms with Crippen LogP contribution in [-0.2, 0) is 11.3 Å². The van der Waals surface area contributed by atoms with E-state index in [1.165, 1.54) is 0 Å². The second-order valence-electron chi connectivity index (χ2n) is 4.87. The first kappa shape index (κ1) is 14.6. The molecular weight excluding hydrogens is 258 g/mol. The molecule has 6 heteroatoms. The average Bonchev–Trinajstić information content (AvgIpc) is 2.89. The number of amidine groups is 1. The van der Waals surface area contributed by atoms with E-state index in [0.29, 0.717) is 17.4 Å². The van der Waals surface area contributed by atoms with E-state index in [1.807, 2.05) is 12.1 Å². The smallest absolute Gasteiger partial charge is 0.173 e. The fraction of sp³-hybridized carbons (Fsp3) is 0.500. The van der Waals surface area contributed by atoms with Crippen molar-refractivity contribution < 1.29 is 14.7 Å². The van der Waals surface area contributed by atoms with Gasteiger partial charge in [0.15, 0.2) is 5.84 Å². The van der Waals surface area contributed by atoms with Gasteiger partial charge in [0, 0.05) is 19.2 Å². The number of methoxy groups -OCH3 is 1. The van der Waals surface area contributed by atoms with Crippen LogP contribution >= 0.6 is 0 Å².